The SMILES string of the molecule is CC(C)(CCc1cc(Cl)cc2c1OCC2)CNC1CC1. The van der Waals surface area contributed by atoms with Crippen molar-refractivity contribution < 1.29 is 4.74 Å². The van der Waals surface area contributed by atoms with Crippen LogP contribution in [0.5, 0.6) is 5.75 Å². The van der Waals surface area contributed by atoms with Crippen molar-refractivity contribution in [2.75, 3.05) is 13.2 Å². The van der Waals surface area contributed by atoms with Crippen LogP contribution in [0.4, 0.5) is 0 Å². The molecule has 110 valence electrons. The zero-order valence-electron chi connectivity index (χ0n) is 12.5. The predicted molar refractivity (Wildman–Crippen MR) is 83.8 cm³/mol. The number of rotatable bonds is 6. The first-order valence-corrected chi connectivity index (χ1v) is 8.09. The van der Waals surface area contributed by atoms with Crippen molar-refractivity contribution in [3.63, 3.8) is 0 Å². The summed E-state index contributed by atoms with van der Waals surface area (Å²) in [5.41, 5.74) is 2.88. The molecule has 1 saturated carbocycles. The van der Waals surface area contributed by atoms with E-state index >= 15 is 0 Å². The summed E-state index contributed by atoms with van der Waals surface area (Å²) in [6.45, 7) is 6.58. The Labute approximate surface area is 126 Å². The predicted octanol–water partition coefficient (Wildman–Crippen LogP) is 3.99. The van der Waals surface area contributed by atoms with Crippen molar-refractivity contribution in [2.45, 2.75) is 52.0 Å². The molecule has 1 fully saturated rings. The molecular weight excluding hydrogens is 270 g/mol. The molecule has 0 saturated heterocycles. The third kappa shape index (κ3) is 3.48. The molecule has 2 aliphatic rings. The highest BCUT2D eigenvalue weighted by Crippen LogP contribution is 2.35. The molecule has 2 nitrogen and oxygen atoms in total. The van der Waals surface area contributed by atoms with Crippen molar-refractivity contribution >= 4 is 11.6 Å². The van der Waals surface area contributed by atoms with E-state index in [1.165, 1.54) is 24.0 Å². The molecule has 1 aliphatic carbocycles. The molecule has 1 aromatic carbocycles. The highest BCUT2D eigenvalue weighted by Gasteiger charge is 2.26. The van der Waals surface area contributed by atoms with E-state index in [-0.39, 0.29) is 0 Å². The zero-order valence-corrected chi connectivity index (χ0v) is 13.2. The summed E-state index contributed by atoms with van der Waals surface area (Å²) in [6, 6.07) is 4.91. The Morgan fingerprint density at radius 1 is 1.35 bits per heavy atom. The van der Waals surface area contributed by atoms with Crippen molar-refractivity contribution in [3.8, 4) is 5.75 Å². The molecule has 0 aromatic heterocycles. The van der Waals surface area contributed by atoms with Crippen molar-refractivity contribution in [1.82, 2.24) is 5.32 Å². The van der Waals surface area contributed by atoms with Gasteiger partial charge in [0.1, 0.15) is 5.75 Å². The number of benzene rings is 1. The number of ether oxygens (including phenoxy) is 1. The first-order chi connectivity index (χ1) is 9.53. The monoisotopic (exact) mass is 293 g/mol. The maximum Gasteiger partial charge on any atom is 0.125 e. The Kier molecular flexibility index (Phi) is 3.96. The Morgan fingerprint density at radius 3 is 2.90 bits per heavy atom. The molecular formula is C17H24ClNO. The summed E-state index contributed by atoms with van der Waals surface area (Å²) in [7, 11) is 0. The van der Waals surface area contributed by atoms with Crippen molar-refractivity contribution in [2.24, 2.45) is 5.41 Å². The summed E-state index contributed by atoms with van der Waals surface area (Å²) >= 11 is 6.22. The molecule has 1 aromatic rings. The van der Waals surface area contributed by atoms with Crippen LogP contribution < -0.4 is 10.1 Å². The van der Waals surface area contributed by atoms with E-state index in [1.54, 1.807) is 0 Å². The van der Waals surface area contributed by atoms with E-state index in [0.29, 0.717) is 5.41 Å². The number of aryl methyl sites for hydroxylation is 1. The molecule has 0 atom stereocenters. The number of halogens is 1. The fraction of sp³-hybridized carbons (Fsp3) is 0.647. The van der Waals surface area contributed by atoms with Crippen LogP contribution in [0, 0.1) is 5.41 Å². The van der Waals surface area contributed by atoms with Crippen LogP contribution in [0.25, 0.3) is 0 Å². The van der Waals surface area contributed by atoms with Gasteiger partial charge in [-0.05, 0) is 54.4 Å². The van der Waals surface area contributed by atoms with E-state index < -0.39 is 0 Å². The van der Waals surface area contributed by atoms with E-state index in [2.05, 4.69) is 25.2 Å². The van der Waals surface area contributed by atoms with Gasteiger partial charge in [-0.2, -0.15) is 0 Å². The van der Waals surface area contributed by atoms with E-state index in [1.807, 2.05) is 6.07 Å². The Bertz CT molecular complexity index is 494. The van der Waals surface area contributed by atoms with E-state index in [9.17, 15) is 0 Å². The Morgan fingerprint density at radius 2 is 2.15 bits per heavy atom. The normalized spacial score (nSPS) is 17.9. The van der Waals surface area contributed by atoms with E-state index in [4.69, 9.17) is 16.3 Å². The average Bonchev–Trinajstić information content (AvgIpc) is 3.11. The van der Waals surface area contributed by atoms with Gasteiger partial charge in [-0.3, -0.25) is 0 Å². The maximum atomic E-state index is 6.22. The number of hydrogen-bond acceptors (Lipinski definition) is 2. The molecule has 1 heterocycles. The quantitative estimate of drug-likeness (QED) is 0.856. The van der Waals surface area contributed by atoms with Crippen LogP contribution in [0.1, 0.15) is 44.2 Å². The van der Waals surface area contributed by atoms with Gasteiger partial charge in [-0.1, -0.05) is 25.4 Å². The minimum Gasteiger partial charge on any atom is -0.493 e. The van der Waals surface area contributed by atoms with Gasteiger partial charge in [-0.15, -0.1) is 0 Å². The Hall–Kier alpha value is -0.730. The van der Waals surface area contributed by atoms with Gasteiger partial charge in [0.2, 0.25) is 0 Å². The fourth-order valence-electron chi connectivity index (χ4n) is 2.80. The van der Waals surface area contributed by atoms with Gasteiger partial charge in [0, 0.05) is 24.0 Å². The van der Waals surface area contributed by atoms with Crippen LogP contribution in [0.15, 0.2) is 12.1 Å². The van der Waals surface area contributed by atoms with Crippen LogP contribution in [-0.4, -0.2) is 19.2 Å². The Balaban J connectivity index is 1.62. The molecule has 0 spiro atoms. The summed E-state index contributed by atoms with van der Waals surface area (Å²) in [6.07, 6.45) is 5.90. The topological polar surface area (TPSA) is 21.3 Å². The third-order valence-corrected chi connectivity index (χ3v) is 4.56. The molecule has 0 unspecified atom stereocenters. The number of hydrogen-bond donors (Lipinski definition) is 1. The summed E-state index contributed by atoms with van der Waals surface area (Å²) in [5.74, 6) is 1.10. The lowest BCUT2D eigenvalue weighted by molar-refractivity contribution is 0.309. The molecule has 0 bridgehead atoms. The van der Waals surface area contributed by atoms with Gasteiger partial charge in [-0.25, -0.2) is 0 Å². The molecule has 0 amide bonds. The minimum absolute atomic E-state index is 0.316. The summed E-state index contributed by atoms with van der Waals surface area (Å²) < 4.78 is 5.78. The smallest absolute Gasteiger partial charge is 0.125 e. The highest BCUT2D eigenvalue weighted by molar-refractivity contribution is 6.30. The van der Waals surface area contributed by atoms with Crippen molar-refractivity contribution in [1.29, 1.82) is 0 Å². The number of nitrogens with one attached hydrogen (secondary N) is 1. The second-order valence-electron chi connectivity index (χ2n) is 6.97. The lowest BCUT2D eigenvalue weighted by atomic mass is 9.85. The third-order valence-electron chi connectivity index (χ3n) is 4.34. The van der Waals surface area contributed by atoms with Crippen LogP contribution in [0.2, 0.25) is 5.02 Å². The first kappa shape index (κ1) is 14.2. The van der Waals surface area contributed by atoms with Gasteiger partial charge >= 0.3 is 0 Å². The zero-order chi connectivity index (χ0) is 14.2. The first-order valence-electron chi connectivity index (χ1n) is 7.71. The molecule has 3 rings (SSSR count). The van der Waals surface area contributed by atoms with Crippen LogP contribution in [-0.2, 0) is 12.8 Å². The van der Waals surface area contributed by atoms with Crippen LogP contribution >= 0.6 is 11.6 Å². The average molecular weight is 294 g/mol. The van der Waals surface area contributed by atoms with Gasteiger partial charge in [0.15, 0.2) is 0 Å². The molecule has 1 N–H and O–H groups in total. The lowest BCUT2D eigenvalue weighted by Gasteiger charge is -2.25. The van der Waals surface area contributed by atoms with E-state index in [0.717, 1.165) is 49.2 Å². The second kappa shape index (κ2) is 5.57. The highest BCUT2D eigenvalue weighted by atomic mass is 35.5. The van der Waals surface area contributed by atoms with Gasteiger partial charge < -0.3 is 10.1 Å². The van der Waals surface area contributed by atoms with Gasteiger partial charge in [0.05, 0.1) is 6.61 Å². The lowest BCUT2D eigenvalue weighted by Crippen LogP contribution is -2.31. The largest absolute Gasteiger partial charge is 0.493 e. The second-order valence-corrected chi connectivity index (χ2v) is 7.41. The number of fused-ring (bicyclic) bond motifs is 1. The molecule has 1 aliphatic heterocycles. The van der Waals surface area contributed by atoms with Crippen molar-refractivity contribution in [3.05, 3.63) is 28.3 Å². The summed E-state index contributed by atoms with van der Waals surface area (Å²) in [4.78, 5) is 0. The standard InChI is InChI=1S/C17H24ClNO/c1-17(2,11-19-15-3-4-15)7-5-12-9-14(18)10-13-6-8-20-16(12)13/h9-10,15,19H,3-8,11H2,1-2H3. The maximum absolute atomic E-state index is 6.22. The molecule has 0 radical (unpaired) electrons. The molecule has 20 heavy (non-hydrogen) atoms. The van der Waals surface area contributed by atoms with Crippen LogP contribution in [0.3, 0.4) is 0 Å². The molecule has 3 heteroatoms. The minimum atomic E-state index is 0.316. The fourth-order valence-corrected chi connectivity index (χ4v) is 3.06. The summed E-state index contributed by atoms with van der Waals surface area (Å²) in [5, 5.41) is 4.49. The van der Waals surface area contributed by atoms with Gasteiger partial charge in [0.25, 0.3) is 0 Å².